The summed E-state index contributed by atoms with van der Waals surface area (Å²) in [5.74, 6) is 0. The molecule has 15 heavy (non-hydrogen) atoms. The van der Waals surface area contributed by atoms with Gasteiger partial charge >= 0.3 is 6.55 Å². The zero-order chi connectivity index (χ0) is 11.6. The fourth-order valence-corrected chi connectivity index (χ4v) is 0.813. The molecule has 9 heteroatoms. The number of hydrogen-bond acceptors (Lipinski definition) is 3. The van der Waals surface area contributed by atoms with E-state index in [1.807, 2.05) is 0 Å². The van der Waals surface area contributed by atoms with Crippen LogP contribution < -0.4 is 5.43 Å². The van der Waals surface area contributed by atoms with Crippen molar-refractivity contribution in [2.24, 2.45) is 5.10 Å². The first-order chi connectivity index (χ1) is 6.91. The van der Waals surface area contributed by atoms with Crippen molar-refractivity contribution in [1.82, 2.24) is 10.5 Å². The van der Waals surface area contributed by atoms with Crippen molar-refractivity contribution >= 4 is 5.71 Å². The van der Waals surface area contributed by atoms with Gasteiger partial charge in [0, 0.05) is 0 Å². The van der Waals surface area contributed by atoms with Gasteiger partial charge in [0.05, 0.1) is 0 Å². The Bertz CT molecular complexity index is 287. The Balaban J connectivity index is 2.92. The number of halogens is 6. The lowest BCUT2D eigenvalue weighted by Crippen LogP contribution is -2.43. The van der Waals surface area contributed by atoms with Gasteiger partial charge in [-0.3, -0.25) is 5.43 Å². The van der Waals surface area contributed by atoms with Crippen LogP contribution in [-0.4, -0.2) is 30.2 Å². The maximum absolute atomic E-state index is 12.1. The minimum atomic E-state index is -3.29. The normalized spacial score (nSPS) is 17.0. The molecule has 3 nitrogen and oxygen atoms in total. The number of rotatable bonds is 3. The molecule has 86 valence electrons. The molecule has 1 aliphatic heterocycles. The molecule has 0 fully saturated rings. The Morgan fingerprint density at radius 2 is 1.67 bits per heavy atom. The fraction of sp³-hybridized carbons (Fsp3) is 0.500. The van der Waals surface area contributed by atoms with Crippen LogP contribution in [0.4, 0.5) is 26.3 Å². The van der Waals surface area contributed by atoms with Gasteiger partial charge in [-0.15, -0.1) is 5.12 Å². The molecular weight excluding hydrogens is 228 g/mol. The molecule has 0 aliphatic carbocycles. The van der Waals surface area contributed by atoms with Crippen LogP contribution in [0.25, 0.3) is 0 Å². The number of nitrogens with zero attached hydrogens (tertiary/aromatic N) is 2. The first-order valence-electron chi connectivity index (χ1n) is 3.62. The number of allylic oxidation sites excluding steroid dienone is 2. The second kappa shape index (κ2) is 4.41. The highest BCUT2D eigenvalue weighted by Gasteiger charge is 2.27. The summed E-state index contributed by atoms with van der Waals surface area (Å²) in [6.45, 7) is -3.29. The Morgan fingerprint density at radius 3 is 2.07 bits per heavy atom. The zero-order valence-electron chi connectivity index (χ0n) is 6.97. The van der Waals surface area contributed by atoms with Crippen LogP contribution in [0.2, 0.25) is 0 Å². The summed E-state index contributed by atoms with van der Waals surface area (Å²) in [4.78, 5) is 0. The van der Waals surface area contributed by atoms with E-state index in [-0.39, 0.29) is 5.12 Å². The van der Waals surface area contributed by atoms with Crippen LogP contribution in [0, 0.1) is 0 Å². The minimum Gasteiger partial charge on any atom is -0.276 e. The third-order valence-corrected chi connectivity index (χ3v) is 1.41. The summed E-state index contributed by atoms with van der Waals surface area (Å²) in [5.41, 5.74) is -0.665. The highest BCUT2D eigenvalue weighted by molar-refractivity contribution is 5.98. The number of hydrazone groups is 1. The highest BCUT2D eigenvalue weighted by atomic mass is 19.3. The van der Waals surface area contributed by atoms with Gasteiger partial charge in [0.15, 0.2) is 0 Å². The third kappa shape index (κ3) is 2.77. The van der Waals surface area contributed by atoms with Gasteiger partial charge in [-0.1, -0.05) is 0 Å². The monoisotopic (exact) mass is 233 g/mol. The van der Waals surface area contributed by atoms with Crippen molar-refractivity contribution in [2.45, 2.75) is 19.4 Å². The van der Waals surface area contributed by atoms with Gasteiger partial charge in [-0.25, -0.2) is 17.6 Å². The van der Waals surface area contributed by atoms with Crippen molar-refractivity contribution in [2.75, 3.05) is 0 Å². The third-order valence-electron chi connectivity index (χ3n) is 1.41. The van der Waals surface area contributed by atoms with Gasteiger partial charge < -0.3 is 0 Å². The number of hydrazine groups is 1. The van der Waals surface area contributed by atoms with Crippen molar-refractivity contribution in [3.8, 4) is 0 Å². The Morgan fingerprint density at radius 1 is 1.07 bits per heavy atom. The Hall–Kier alpha value is -1.41. The molecule has 0 aromatic heterocycles. The van der Waals surface area contributed by atoms with Crippen molar-refractivity contribution in [3.63, 3.8) is 0 Å². The van der Waals surface area contributed by atoms with E-state index in [1.54, 1.807) is 0 Å². The molecular formula is C6H5F6N3. The summed E-state index contributed by atoms with van der Waals surface area (Å²) in [5, 5.41) is 2.40. The molecule has 0 bridgehead atoms. The van der Waals surface area contributed by atoms with E-state index in [0.717, 1.165) is 0 Å². The van der Waals surface area contributed by atoms with E-state index >= 15 is 0 Å². The standard InChI is InChI=1S/C6H5F6N3/c7-4(8)2-1-3(5(9)10)14-15(13-2)6(11)12/h1,4-6,13H. The maximum atomic E-state index is 12.1. The number of alkyl halides is 6. The molecule has 1 heterocycles. The molecule has 0 spiro atoms. The Kier molecular flexibility index (Phi) is 3.43. The highest BCUT2D eigenvalue weighted by Crippen LogP contribution is 2.16. The lowest BCUT2D eigenvalue weighted by Gasteiger charge is -2.25. The van der Waals surface area contributed by atoms with Crippen LogP contribution in [0.5, 0.6) is 0 Å². The lowest BCUT2D eigenvalue weighted by atomic mass is 10.3. The maximum Gasteiger partial charge on any atom is 0.346 e. The smallest absolute Gasteiger partial charge is 0.276 e. The average molecular weight is 233 g/mol. The van der Waals surface area contributed by atoms with Gasteiger partial charge in [-0.2, -0.15) is 13.9 Å². The lowest BCUT2D eigenvalue weighted by molar-refractivity contribution is -0.0599. The van der Waals surface area contributed by atoms with Crippen LogP contribution >= 0.6 is 0 Å². The minimum absolute atomic E-state index is 0.341. The summed E-state index contributed by atoms with van der Waals surface area (Å²) < 4.78 is 72.4. The van der Waals surface area contributed by atoms with E-state index in [0.29, 0.717) is 6.08 Å². The molecule has 0 saturated carbocycles. The zero-order valence-corrected chi connectivity index (χ0v) is 6.97. The van der Waals surface area contributed by atoms with E-state index in [9.17, 15) is 26.3 Å². The molecule has 0 atom stereocenters. The molecule has 0 radical (unpaired) electrons. The van der Waals surface area contributed by atoms with Crippen LogP contribution in [0.3, 0.4) is 0 Å². The quantitative estimate of drug-likeness (QED) is 0.594. The van der Waals surface area contributed by atoms with E-state index in [1.165, 1.54) is 5.43 Å². The van der Waals surface area contributed by atoms with Crippen LogP contribution in [0.15, 0.2) is 16.9 Å². The van der Waals surface area contributed by atoms with E-state index in [4.69, 9.17) is 0 Å². The Labute approximate surface area is 80.0 Å². The second-order valence-electron chi connectivity index (χ2n) is 2.46. The van der Waals surface area contributed by atoms with Crippen molar-refractivity contribution in [3.05, 3.63) is 11.8 Å². The summed E-state index contributed by atoms with van der Waals surface area (Å²) in [6, 6.07) is 0. The first-order valence-corrected chi connectivity index (χ1v) is 3.62. The molecule has 1 rings (SSSR count). The number of hydrogen-bond donors (Lipinski definition) is 1. The second-order valence-corrected chi connectivity index (χ2v) is 2.46. The summed E-state index contributed by atoms with van der Waals surface area (Å²) >= 11 is 0. The molecule has 0 amide bonds. The predicted octanol–water partition coefficient (Wildman–Crippen LogP) is 1.80. The molecule has 0 unspecified atom stereocenters. The van der Waals surface area contributed by atoms with Crippen LogP contribution in [0.1, 0.15) is 0 Å². The molecule has 0 saturated heterocycles. The van der Waals surface area contributed by atoms with Gasteiger partial charge in [0.2, 0.25) is 0 Å². The van der Waals surface area contributed by atoms with Crippen molar-refractivity contribution in [1.29, 1.82) is 0 Å². The van der Waals surface area contributed by atoms with Crippen LogP contribution in [-0.2, 0) is 0 Å². The van der Waals surface area contributed by atoms with Gasteiger partial charge in [0.1, 0.15) is 11.4 Å². The van der Waals surface area contributed by atoms with Crippen molar-refractivity contribution < 1.29 is 26.3 Å². The van der Waals surface area contributed by atoms with Gasteiger partial charge in [-0.05, 0) is 6.08 Å². The number of nitrogens with one attached hydrogen (secondary N) is 1. The fourth-order valence-electron chi connectivity index (χ4n) is 0.813. The largest absolute Gasteiger partial charge is 0.346 e. The summed E-state index contributed by atoms with van der Waals surface area (Å²) in [7, 11) is 0. The predicted molar refractivity (Wildman–Crippen MR) is 38.5 cm³/mol. The van der Waals surface area contributed by atoms with Gasteiger partial charge in [0.25, 0.3) is 12.9 Å². The average Bonchev–Trinajstić information content (AvgIpc) is 2.16. The first kappa shape index (κ1) is 11.7. The SMILES string of the molecule is FC(F)C1=CC(C(F)F)=NN(C(F)F)N1. The van der Waals surface area contributed by atoms with E-state index in [2.05, 4.69) is 5.10 Å². The summed E-state index contributed by atoms with van der Waals surface area (Å²) in [6.07, 6.45) is -6.01. The molecule has 0 aromatic rings. The molecule has 1 N–H and O–H groups in total. The topological polar surface area (TPSA) is 27.6 Å². The molecule has 0 aromatic carbocycles. The van der Waals surface area contributed by atoms with E-state index < -0.39 is 30.8 Å². The molecule has 1 aliphatic rings.